The number of methoxy groups -OCH3 is 1. The van der Waals surface area contributed by atoms with Crippen LogP contribution < -0.4 is 10.5 Å². The molecule has 4 nitrogen and oxygen atoms in total. The van der Waals surface area contributed by atoms with Crippen LogP contribution in [0.2, 0.25) is 0 Å². The van der Waals surface area contributed by atoms with Gasteiger partial charge in [0.15, 0.2) is 0 Å². The first-order valence-corrected chi connectivity index (χ1v) is 7.49. The summed E-state index contributed by atoms with van der Waals surface area (Å²) in [6, 6.07) is 15.2. The highest BCUT2D eigenvalue weighted by molar-refractivity contribution is 5.95. The van der Waals surface area contributed by atoms with Crippen LogP contribution in [0.4, 0.5) is 5.69 Å². The lowest BCUT2D eigenvalue weighted by atomic mass is 10.0. The molecule has 0 radical (unpaired) electrons. The van der Waals surface area contributed by atoms with Gasteiger partial charge >= 0.3 is 0 Å². The molecule has 4 heteroatoms. The number of hydrogen-bond acceptors (Lipinski definition) is 3. The number of likely N-dealkylation sites (tertiary alicyclic amines) is 1. The van der Waals surface area contributed by atoms with E-state index in [0.29, 0.717) is 11.3 Å². The van der Waals surface area contributed by atoms with E-state index in [0.717, 1.165) is 30.7 Å². The molecule has 1 amide bonds. The van der Waals surface area contributed by atoms with Crippen LogP contribution in [-0.4, -0.2) is 24.5 Å². The molecule has 2 aromatic carbocycles. The number of ether oxygens (including phenoxy) is 1. The minimum absolute atomic E-state index is 0.0679. The quantitative estimate of drug-likeness (QED) is 0.885. The van der Waals surface area contributed by atoms with Crippen LogP contribution in [0.1, 0.15) is 34.8 Å². The van der Waals surface area contributed by atoms with Gasteiger partial charge in [0.1, 0.15) is 5.75 Å². The second kappa shape index (κ2) is 6.10. The molecule has 1 aliphatic heterocycles. The van der Waals surface area contributed by atoms with Crippen LogP contribution in [0, 0.1) is 0 Å². The number of carbonyl (C=O) groups excluding carboxylic acids is 1. The Labute approximate surface area is 130 Å². The summed E-state index contributed by atoms with van der Waals surface area (Å²) in [6.07, 6.45) is 2.02. The van der Waals surface area contributed by atoms with Gasteiger partial charge in [-0.1, -0.05) is 12.1 Å². The molecule has 1 aliphatic rings. The van der Waals surface area contributed by atoms with E-state index in [9.17, 15) is 4.79 Å². The van der Waals surface area contributed by atoms with Crippen molar-refractivity contribution in [3.05, 3.63) is 59.7 Å². The molecule has 1 saturated heterocycles. The Morgan fingerprint density at radius 3 is 2.45 bits per heavy atom. The lowest BCUT2D eigenvalue weighted by Crippen LogP contribution is -2.30. The normalized spacial score (nSPS) is 17.5. The second-order valence-electron chi connectivity index (χ2n) is 5.55. The minimum atomic E-state index is 0.0679. The Hall–Kier alpha value is -2.49. The molecule has 3 rings (SSSR count). The van der Waals surface area contributed by atoms with Crippen molar-refractivity contribution in [3.63, 3.8) is 0 Å². The first-order valence-electron chi connectivity index (χ1n) is 7.49. The number of anilines is 1. The van der Waals surface area contributed by atoms with Crippen molar-refractivity contribution < 1.29 is 9.53 Å². The SMILES string of the molecule is COc1ccc(C2CCCN2C(=O)c2ccc(N)cc2)cc1. The number of carbonyl (C=O) groups is 1. The minimum Gasteiger partial charge on any atom is -0.497 e. The van der Waals surface area contributed by atoms with Crippen LogP contribution >= 0.6 is 0 Å². The molecule has 1 unspecified atom stereocenters. The van der Waals surface area contributed by atoms with Crippen LogP contribution in [0.25, 0.3) is 0 Å². The fourth-order valence-corrected chi connectivity index (χ4v) is 2.97. The predicted octanol–water partition coefficient (Wildman–Crippen LogP) is 3.25. The van der Waals surface area contributed by atoms with Gasteiger partial charge in [-0.2, -0.15) is 0 Å². The van der Waals surface area contributed by atoms with Crippen LogP contribution in [0.15, 0.2) is 48.5 Å². The molecule has 1 heterocycles. The van der Waals surface area contributed by atoms with Gasteiger partial charge in [-0.3, -0.25) is 4.79 Å². The fraction of sp³-hybridized carbons (Fsp3) is 0.278. The monoisotopic (exact) mass is 296 g/mol. The molecule has 114 valence electrons. The molecule has 2 aromatic rings. The van der Waals surface area contributed by atoms with E-state index in [2.05, 4.69) is 0 Å². The molecule has 22 heavy (non-hydrogen) atoms. The Morgan fingerprint density at radius 1 is 1.14 bits per heavy atom. The average molecular weight is 296 g/mol. The molecular weight excluding hydrogens is 276 g/mol. The summed E-state index contributed by atoms with van der Waals surface area (Å²) >= 11 is 0. The first kappa shape index (κ1) is 14.4. The summed E-state index contributed by atoms with van der Waals surface area (Å²) in [4.78, 5) is 14.7. The molecule has 0 saturated carbocycles. The highest BCUT2D eigenvalue weighted by Gasteiger charge is 2.30. The third-order valence-electron chi connectivity index (χ3n) is 4.17. The van der Waals surface area contributed by atoms with E-state index in [4.69, 9.17) is 10.5 Å². The molecule has 1 atom stereocenters. The largest absolute Gasteiger partial charge is 0.497 e. The van der Waals surface area contributed by atoms with Crippen molar-refractivity contribution >= 4 is 11.6 Å². The maximum atomic E-state index is 12.7. The van der Waals surface area contributed by atoms with E-state index in [1.54, 1.807) is 31.4 Å². The number of nitrogens with two attached hydrogens (primary N) is 1. The highest BCUT2D eigenvalue weighted by Crippen LogP contribution is 2.33. The van der Waals surface area contributed by atoms with Gasteiger partial charge in [0.25, 0.3) is 5.91 Å². The van der Waals surface area contributed by atoms with Crippen molar-refractivity contribution in [1.29, 1.82) is 0 Å². The van der Waals surface area contributed by atoms with Crippen LogP contribution in [-0.2, 0) is 0 Å². The molecule has 0 bridgehead atoms. The molecule has 1 fully saturated rings. The zero-order valence-corrected chi connectivity index (χ0v) is 12.7. The number of hydrogen-bond donors (Lipinski definition) is 1. The average Bonchev–Trinajstić information content (AvgIpc) is 3.04. The summed E-state index contributed by atoms with van der Waals surface area (Å²) in [6.45, 7) is 0.792. The fourth-order valence-electron chi connectivity index (χ4n) is 2.97. The Morgan fingerprint density at radius 2 is 1.82 bits per heavy atom. The summed E-state index contributed by atoms with van der Waals surface area (Å²) in [7, 11) is 1.65. The van der Waals surface area contributed by atoms with Crippen molar-refractivity contribution in [2.24, 2.45) is 0 Å². The van der Waals surface area contributed by atoms with Gasteiger partial charge in [-0.15, -0.1) is 0 Å². The summed E-state index contributed by atoms with van der Waals surface area (Å²) < 4.78 is 5.19. The molecular formula is C18H20N2O2. The van der Waals surface area contributed by atoms with Gasteiger partial charge in [0, 0.05) is 17.8 Å². The Kier molecular flexibility index (Phi) is 4.00. The van der Waals surface area contributed by atoms with Gasteiger partial charge in [0.05, 0.1) is 13.2 Å². The standard InChI is InChI=1S/C18H20N2O2/c1-22-16-10-6-13(7-11-16)17-3-2-12-20(17)18(21)14-4-8-15(19)9-5-14/h4-11,17H,2-3,12,19H2,1H3. The Bertz CT molecular complexity index is 650. The van der Waals surface area contributed by atoms with E-state index < -0.39 is 0 Å². The first-order chi connectivity index (χ1) is 10.7. The topological polar surface area (TPSA) is 55.6 Å². The van der Waals surface area contributed by atoms with E-state index in [-0.39, 0.29) is 11.9 Å². The summed E-state index contributed by atoms with van der Waals surface area (Å²) in [5.41, 5.74) is 8.20. The van der Waals surface area contributed by atoms with Gasteiger partial charge in [0.2, 0.25) is 0 Å². The number of benzene rings is 2. The number of nitrogen functional groups attached to an aromatic ring is 1. The highest BCUT2D eigenvalue weighted by atomic mass is 16.5. The van der Waals surface area contributed by atoms with Crippen molar-refractivity contribution in [2.75, 3.05) is 19.4 Å². The maximum Gasteiger partial charge on any atom is 0.254 e. The van der Waals surface area contributed by atoms with Gasteiger partial charge in [-0.25, -0.2) is 0 Å². The number of nitrogens with zero attached hydrogens (tertiary/aromatic N) is 1. The summed E-state index contributed by atoms with van der Waals surface area (Å²) in [5, 5.41) is 0. The molecule has 2 N–H and O–H groups in total. The molecule has 0 spiro atoms. The Balaban J connectivity index is 1.82. The predicted molar refractivity (Wildman–Crippen MR) is 86.9 cm³/mol. The van der Waals surface area contributed by atoms with E-state index >= 15 is 0 Å². The van der Waals surface area contributed by atoms with Crippen LogP contribution in [0.3, 0.4) is 0 Å². The van der Waals surface area contributed by atoms with Crippen molar-refractivity contribution in [1.82, 2.24) is 4.90 Å². The lowest BCUT2D eigenvalue weighted by Gasteiger charge is -2.25. The van der Waals surface area contributed by atoms with E-state index in [1.807, 2.05) is 29.2 Å². The second-order valence-corrected chi connectivity index (χ2v) is 5.55. The van der Waals surface area contributed by atoms with Crippen molar-refractivity contribution in [2.45, 2.75) is 18.9 Å². The summed E-state index contributed by atoms with van der Waals surface area (Å²) in [5.74, 6) is 0.900. The zero-order chi connectivity index (χ0) is 15.5. The van der Waals surface area contributed by atoms with E-state index in [1.165, 1.54) is 0 Å². The maximum absolute atomic E-state index is 12.7. The zero-order valence-electron chi connectivity index (χ0n) is 12.7. The third kappa shape index (κ3) is 2.77. The lowest BCUT2D eigenvalue weighted by molar-refractivity contribution is 0.0735. The van der Waals surface area contributed by atoms with Gasteiger partial charge in [-0.05, 0) is 54.8 Å². The van der Waals surface area contributed by atoms with Crippen molar-refractivity contribution in [3.8, 4) is 5.75 Å². The van der Waals surface area contributed by atoms with Crippen LogP contribution in [0.5, 0.6) is 5.75 Å². The number of amides is 1. The molecule has 0 aliphatic carbocycles. The molecule has 0 aromatic heterocycles. The van der Waals surface area contributed by atoms with Gasteiger partial charge < -0.3 is 15.4 Å². The smallest absolute Gasteiger partial charge is 0.254 e. The number of rotatable bonds is 3. The third-order valence-corrected chi connectivity index (χ3v) is 4.17.